The van der Waals surface area contributed by atoms with Crippen LogP contribution in [0.1, 0.15) is 32.6 Å². The predicted molar refractivity (Wildman–Crippen MR) is 88.5 cm³/mol. The Morgan fingerprint density at radius 2 is 2.24 bits per heavy atom. The fourth-order valence-electron chi connectivity index (χ4n) is 2.99. The summed E-state index contributed by atoms with van der Waals surface area (Å²) in [4.78, 5) is 14.3. The molecular formula is C16H24ClN3O. The van der Waals surface area contributed by atoms with Crippen molar-refractivity contribution in [3.63, 3.8) is 0 Å². The van der Waals surface area contributed by atoms with Crippen LogP contribution in [0.4, 0.5) is 11.4 Å². The van der Waals surface area contributed by atoms with E-state index in [2.05, 4.69) is 17.1 Å². The molecule has 0 spiro atoms. The normalized spacial score (nSPS) is 22.3. The lowest BCUT2D eigenvalue weighted by Gasteiger charge is -2.33. The summed E-state index contributed by atoms with van der Waals surface area (Å²) in [7, 11) is 2.02. The standard InChI is InChI=1S/C16H24ClN3O/c1-11-4-3-5-13(8-11)20(2)10-16(21)19-15-9-12(18)6-7-14(15)17/h6-7,9,11,13H,3-5,8,10,18H2,1-2H3,(H,19,21). The van der Waals surface area contributed by atoms with E-state index in [4.69, 9.17) is 17.3 Å². The van der Waals surface area contributed by atoms with Crippen molar-refractivity contribution in [1.29, 1.82) is 0 Å². The van der Waals surface area contributed by atoms with E-state index in [0.717, 1.165) is 5.92 Å². The average molecular weight is 310 g/mol. The summed E-state index contributed by atoms with van der Waals surface area (Å²) in [6.07, 6.45) is 4.89. The van der Waals surface area contributed by atoms with Gasteiger partial charge in [0.05, 0.1) is 17.3 Å². The smallest absolute Gasteiger partial charge is 0.238 e. The molecule has 3 N–H and O–H groups in total. The molecule has 0 radical (unpaired) electrons. The van der Waals surface area contributed by atoms with E-state index in [1.807, 2.05) is 7.05 Å². The summed E-state index contributed by atoms with van der Waals surface area (Å²) in [5.74, 6) is 0.695. The second-order valence-electron chi connectivity index (χ2n) is 6.13. The summed E-state index contributed by atoms with van der Waals surface area (Å²) < 4.78 is 0. The van der Waals surface area contributed by atoms with Crippen LogP contribution in [0.5, 0.6) is 0 Å². The maximum absolute atomic E-state index is 12.2. The van der Waals surface area contributed by atoms with Crippen molar-refractivity contribution in [3.05, 3.63) is 23.2 Å². The zero-order chi connectivity index (χ0) is 15.4. The zero-order valence-corrected chi connectivity index (χ0v) is 13.5. The van der Waals surface area contributed by atoms with Crippen molar-refractivity contribution >= 4 is 28.9 Å². The van der Waals surface area contributed by atoms with Gasteiger partial charge in [0, 0.05) is 11.7 Å². The summed E-state index contributed by atoms with van der Waals surface area (Å²) in [6, 6.07) is 5.59. The Kier molecular flexibility index (Phi) is 5.48. The van der Waals surface area contributed by atoms with E-state index >= 15 is 0 Å². The molecule has 1 aliphatic carbocycles. The van der Waals surface area contributed by atoms with E-state index < -0.39 is 0 Å². The Morgan fingerprint density at radius 3 is 2.95 bits per heavy atom. The minimum atomic E-state index is -0.0526. The molecule has 1 aromatic carbocycles. The Bertz CT molecular complexity index is 506. The molecule has 1 saturated carbocycles. The number of nitrogens with two attached hydrogens (primary N) is 1. The zero-order valence-electron chi connectivity index (χ0n) is 12.7. The minimum Gasteiger partial charge on any atom is -0.399 e. The van der Waals surface area contributed by atoms with Crippen LogP contribution in [0.15, 0.2) is 18.2 Å². The predicted octanol–water partition coefficient (Wildman–Crippen LogP) is 3.37. The van der Waals surface area contributed by atoms with Crippen LogP contribution in [0.2, 0.25) is 5.02 Å². The van der Waals surface area contributed by atoms with Gasteiger partial charge in [-0.25, -0.2) is 0 Å². The largest absolute Gasteiger partial charge is 0.399 e. The SMILES string of the molecule is CC1CCCC(N(C)CC(=O)Nc2cc(N)ccc2Cl)C1. The highest BCUT2D eigenvalue weighted by Crippen LogP contribution is 2.27. The second-order valence-corrected chi connectivity index (χ2v) is 6.54. The molecule has 0 saturated heterocycles. The molecule has 1 fully saturated rings. The Balaban J connectivity index is 1.90. The number of rotatable bonds is 4. The van der Waals surface area contributed by atoms with Crippen molar-refractivity contribution in [2.75, 3.05) is 24.6 Å². The molecule has 0 aliphatic heterocycles. The van der Waals surface area contributed by atoms with Crippen LogP contribution in [0, 0.1) is 5.92 Å². The number of halogens is 1. The molecule has 116 valence electrons. The van der Waals surface area contributed by atoms with Gasteiger partial charge in [-0.05, 0) is 44.0 Å². The number of anilines is 2. The lowest BCUT2D eigenvalue weighted by molar-refractivity contribution is -0.117. The fourth-order valence-corrected chi connectivity index (χ4v) is 3.15. The first-order chi connectivity index (χ1) is 9.95. The number of hydrogen-bond acceptors (Lipinski definition) is 3. The van der Waals surface area contributed by atoms with Gasteiger partial charge in [-0.15, -0.1) is 0 Å². The lowest BCUT2D eigenvalue weighted by Crippen LogP contribution is -2.40. The molecule has 5 heteroatoms. The van der Waals surface area contributed by atoms with Crippen LogP contribution in [0.25, 0.3) is 0 Å². The van der Waals surface area contributed by atoms with Gasteiger partial charge in [-0.2, -0.15) is 0 Å². The number of likely N-dealkylation sites (N-methyl/N-ethyl adjacent to an activating group) is 1. The number of nitrogen functional groups attached to an aromatic ring is 1. The summed E-state index contributed by atoms with van der Waals surface area (Å²) in [6.45, 7) is 2.66. The second kappa shape index (κ2) is 7.14. The van der Waals surface area contributed by atoms with Gasteiger partial charge in [-0.1, -0.05) is 31.4 Å². The molecule has 0 bridgehead atoms. The molecule has 21 heavy (non-hydrogen) atoms. The van der Waals surface area contributed by atoms with Crippen molar-refractivity contribution in [3.8, 4) is 0 Å². The van der Waals surface area contributed by atoms with E-state index in [1.54, 1.807) is 18.2 Å². The van der Waals surface area contributed by atoms with E-state index in [-0.39, 0.29) is 5.91 Å². The van der Waals surface area contributed by atoms with Gasteiger partial charge >= 0.3 is 0 Å². The molecule has 0 aromatic heterocycles. The first kappa shape index (κ1) is 16.1. The monoisotopic (exact) mass is 309 g/mol. The van der Waals surface area contributed by atoms with Crippen LogP contribution < -0.4 is 11.1 Å². The topological polar surface area (TPSA) is 58.4 Å². The van der Waals surface area contributed by atoms with Gasteiger partial charge < -0.3 is 11.1 Å². The van der Waals surface area contributed by atoms with Gasteiger partial charge in [0.25, 0.3) is 0 Å². The Morgan fingerprint density at radius 1 is 1.48 bits per heavy atom. The van der Waals surface area contributed by atoms with Crippen molar-refractivity contribution < 1.29 is 4.79 Å². The van der Waals surface area contributed by atoms with Crippen LogP contribution >= 0.6 is 11.6 Å². The number of benzene rings is 1. The highest BCUT2D eigenvalue weighted by atomic mass is 35.5. The number of hydrogen-bond donors (Lipinski definition) is 2. The molecule has 2 unspecified atom stereocenters. The van der Waals surface area contributed by atoms with E-state index in [1.165, 1.54) is 25.7 Å². The summed E-state index contributed by atoms with van der Waals surface area (Å²) in [5, 5.41) is 3.35. The first-order valence-electron chi connectivity index (χ1n) is 7.51. The number of nitrogens with one attached hydrogen (secondary N) is 1. The number of amides is 1. The maximum atomic E-state index is 12.2. The molecule has 2 atom stereocenters. The third-order valence-corrected chi connectivity index (χ3v) is 4.52. The first-order valence-corrected chi connectivity index (χ1v) is 7.88. The molecule has 0 heterocycles. The van der Waals surface area contributed by atoms with Crippen LogP contribution in [-0.2, 0) is 4.79 Å². The molecule has 4 nitrogen and oxygen atoms in total. The summed E-state index contributed by atoms with van der Waals surface area (Å²) in [5.41, 5.74) is 6.88. The van der Waals surface area contributed by atoms with Gasteiger partial charge in [-0.3, -0.25) is 9.69 Å². The highest BCUT2D eigenvalue weighted by Gasteiger charge is 2.23. The molecular weight excluding hydrogens is 286 g/mol. The number of carbonyl (C=O) groups excluding carboxylic acids is 1. The lowest BCUT2D eigenvalue weighted by atomic mass is 9.86. The van der Waals surface area contributed by atoms with Crippen LogP contribution in [0.3, 0.4) is 0 Å². The highest BCUT2D eigenvalue weighted by molar-refractivity contribution is 6.33. The van der Waals surface area contributed by atoms with Gasteiger partial charge in [0.15, 0.2) is 0 Å². The van der Waals surface area contributed by atoms with Crippen molar-refractivity contribution in [1.82, 2.24) is 4.90 Å². The van der Waals surface area contributed by atoms with Crippen LogP contribution in [-0.4, -0.2) is 30.4 Å². The fraction of sp³-hybridized carbons (Fsp3) is 0.562. The average Bonchev–Trinajstić information content (AvgIpc) is 2.42. The molecule has 1 aliphatic rings. The van der Waals surface area contributed by atoms with Gasteiger partial charge in [0.2, 0.25) is 5.91 Å². The quantitative estimate of drug-likeness (QED) is 0.838. The Labute approximate surface area is 131 Å². The summed E-state index contributed by atoms with van der Waals surface area (Å²) >= 11 is 6.06. The van der Waals surface area contributed by atoms with Crippen molar-refractivity contribution in [2.45, 2.75) is 38.6 Å². The number of carbonyl (C=O) groups is 1. The van der Waals surface area contributed by atoms with E-state index in [0.29, 0.717) is 29.0 Å². The van der Waals surface area contributed by atoms with E-state index in [9.17, 15) is 4.79 Å². The molecule has 1 aromatic rings. The number of nitrogens with zero attached hydrogens (tertiary/aromatic N) is 1. The third-order valence-electron chi connectivity index (χ3n) is 4.19. The third kappa shape index (κ3) is 4.61. The van der Waals surface area contributed by atoms with Crippen molar-refractivity contribution in [2.24, 2.45) is 5.92 Å². The minimum absolute atomic E-state index is 0.0526. The molecule has 1 amide bonds. The van der Waals surface area contributed by atoms with Gasteiger partial charge in [0.1, 0.15) is 0 Å². The maximum Gasteiger partial charge on any atom is 0.238 e. The molecule has 2 rings (SSSR count). The Hall–Kier alpha value is -1.26.